The van der Waals surface area contributed by atoms with Gasteiger partial charge in [-0.2, -0.15) is 0 Å². The SMILES string of the molecule is C#CCOc1ccc(CCNC(=O)[C@@H](Cc2ccccc2)OCC)cc1OC. The van der Waals surface area contributed by atoms with Crippen LogP contribution in [-0.4, -0.2) is 38.9 Å². The molecule has 2 rings (SSSR count). The molecule has 1 N–H and O–H groups in total. The lowest BCUT2D eigenvalue weighted by molar-refractivity contribution is -0.132. The molecule has 0 saturated carbocycles. The highest BCUT2D eigenvalue weighted by Gasteiger charge is 2.18. The summed E-state index contributed by atoms with van der Waals surface area (Å²) in [5.74, 6) is 3.55. The highest BCUT2D eigenvalue weighted by Crippen LogP contribution is 2.28. The summed E-state index contributed by atoms with van der Waals surface area (Å²) in [6.45, 7) is 3.07. The fourth-order valence-electron chi connectivity index (χ4n) is 2.81. The first-order valence-electron chi connectivity index (χ1n) is 9.34. The van der Waals surface area contributed by atoms with E-state index in [-0.39, 0.29) is 12.5 Å². The van der Waals surface area contributed by atoms with Gasteiger partial charge in [0.2, 0.25) is 5.91 Å². The number of carbonyl (C=O) groups is 1. The number of ether oxygens (including phenoxy) is 3. The Morgan fingerprint density at radius 3 is 2.61 bits per heavy atom. The van der Waals surface area contributed by atoms with Gasteiger partial charge in [-0.05, 0) is 36.6 Å². The second kappa shape index (κ2) is 11.7. The summed E-state index contributed by atoms with van der Waals surface area (Å²) in [6, 6.07) is 15.5. The summed E-state index contributed by atoms with van der Waals surface area (Å²) in [4.78, 5) is 12.5. The molecule has 0 aliphatic carbocycles. The molecule has 28 heavy (non-hydrogen) atoms. The largest absolute Gasteiger partial charge is 0.493 e. The molecule has 148 valence electrons. The highest BCUT2D eigenvalue weighted by molar-refractivity contribution is 5.81. The summed E-state index contributed by atoms with van der Waals surface area (Å²) in [5.41, 5.74) is 2.10. The van der Waals surface area contributed by atoms with E-state index >= 15 is 0 Å². The van der Waals surface area contributed by atoms with Crippen molar-refractivity contribution in [3.05, 3.63) is 59.7 Å². The number of carbonyl (C=O) groups excluding carboxylic acids is 1. The van der Waals surface area contributed by atoms with Gasteiger partial charge >= 0.3 is 0 Å². The summed E-state index contributed by atoms with van der Waals surface area (Å²) in [5, 5.41) is 2.96. The molecule has 0 spiro atoms. The Kier molecular flexibility index (Phi) is 8.90. The van der Waals surface area contributed by atoms with Gasteiger partial charge in [-0.3, -0.25) is 4.79 Å². The second-order valence-electron chi connectivity index (χ2n) is 6.15. The Bertz CT molecular complexity index is 783. The van der Waals surface area contributed by atoms with E-state index in [1.807, 2.05) is 55.5 Å². The lowest BCUT2D eigenvalue weighted by atomic mass is 10.1. The lowest BCUT2D eigenvalue weighted by Gasteiger charge is -2.17. The number of amides is 1. The molecule has 0 heterocycles. The van der Waals surface area contributed by atoms with Crippen molar-refractivity contribution in [1.29, 1.82) is 0 Å². The van der Waals surface area contributed by atoms with Crippen LogP contribution in [0.5, 0.6) is 11.5 Å². The number of hydrogen-bond donors (Lipinski definition) is 1. The minimum absolute atomic E-state index is 0.105. The maximum absolute atomic E-state index is 12.5. The molecule has 2 aromatic carbocycles. The molecule has 0 unspecified atom stereocenters. The van der Waals surface area contributed by atoms with Gasteiger partial charge < -0.3 is 19.5 Å². The molecule has 0 aromatic heterocycles. The van der Waals surface area contributed by atoms with Crippen molar-refractivity contribution in [3.63, 3.8) is 0 Å². The monoisotopic (exact) mass is 381 g/mol. The number of nitrogens with one attached hydrogen (secondary N) is 1. The van der Waals surface area contributed by atoms with Gasteiger partial charge in [0.05, 0.1) is 7.11 Å². The fraction of sp³-hybridized carbons (Fsp3) is 0.348. The van der Waals surface area contributed by atoms with Crippen molar-refractivity contribution in [2.45, 2.75) is 25.9 Å². The Balaban J connectivity index is 1.89. The van der Waals surface area contributed by atoms with E-state index in [0.717, 1.165) is 11.1 Å². The van der Waals surface area contributed by atoms with E-state index in [2.05, 4.69) is 11.2 Å². The molecule has 0 bridgehead atoms. The summed E-state index contributed by atoms with van der Waals surface area (Å²) >= 11 is 0. The number of hydrogen-bond acceptors (Lipinski definition) is 4. The predicted octanol–water partition coefficient (Wildman–Crippen LogP) is 3.01. The number of benzene rings is 2. The number of rotatable bonds is 11. The number of terminal acetylenes is 1. The molecule has 0 fully saturated rings. The van der Waals surface area contributed by atoms with Gasteiger partial charge in [-0.25, -0.2) is 0 Å². The predicted molar refractivity (Wildman–Crippen MR) is 110 cm³/mol. The lowest BCUT2D eigenvalue weighted by Crippen LogP contribution is -2.38. The van der Waals surface area contributed by atoms with Gasteiger partial charge in [0.15, 0.2) is 11.5 Å². The Morgan fingerprint density at radius 2 is 1.93 bits per heavy atom. The van der Waals surface area contributed by atoms with Gasteiger partial charge in [-0.15, -0.1) is 6.42 Å². The molecule has 5 nitrogen and oxygen atoms in total. The van der Waals surface area contributed by atoms with Crippen molar-refractivity contribution in [2.75, 3.05) is 26.9 Å². The average Bonchev–Trinajstić information content (AvgIpc) is 2.73. The molecule has 1 atom stereocenters. The van der Waals surface area contributed by atoms with Gasteiger partial charge in [0.25, 0.3) is 0 Å². The molecular formula is C23H27NO4. The van der Waals surface area contributed by atoms with Gasteiger partial charge in [0, 0.05) is 19.6 Å². The topological polar surface area (TPSA) is 56.8 Å². The van der Waals surface area contributed by atoms with Crippen LogP contribution in [0.2, 0.25) is 0 Å². The molecule has 0 aliphatic rings. The van der Waals surface area contributed by atoms with E-state index < -0.39 is 6.10 Å². The zero-order valence-corrected chi connectivity index (χ0v) is 16.4. The minimum atomic E-state index is -0.499. The number of methoxy groups -OCH3 is 1. The molecule has 1 amide bonds. The van der Waals surface area contributed by atoms with Crippen molar-refractivity contribution in [3.8, 4) is 23.8 Å². The molecule has 0 radical (unpaired) electrons. The average molecular weight is 381 g/mol. The fourth-order valence-corrected chi connectivity index (χ4v) is 2.81. The van der Waals surface area contributed by atoms with E-state index in [1.165, 1.54) is 0 Å². The zero-order valence-electron chi connectivity index (χ0n) is 16.4. The van der Waals surface area contributed by atoms with Crippen LogP contribution in [0.3, 0.4) is 0 Å². The van der Waals surface area contributed by atoms with Crippen molar-refractivity contribution < 1.29 is 19.0 Å². The van der Waals surface area contributed by atoms with E-state index in [9.17, 15) is 4.79 Å². The maximum atomic E-state index is 12.5. The van der Waals surface area contributed by atoms with Crippen LogP contribution < -0.4 is 14.8 Å². The highest BCUT2D eigenvalue weighted by atomic mass is 16.5. The quantitative estimate of drug-likeness (QED) is 0.608. The molecule has 0 saturated heterocycles. The van der Waals surface area contributed by atoms with Crippen LogP contribution in [0.25, 0.3) is 0 Å². The third kappa shape index (κ3) is 6.64. The Morgan fingerprint density at radius 1 is 1.14 bits per heavy atom. The first-order valence-corrected chi connectivity index (χ1v) is 9.34. The Hall–Kier alpha value is -2.97. The minimum Gasteiger partial charge on any atom is -0.493 e. The summed E-state index contributed by atoms with van der Waals surface area (Å²) in [6.07, 6.45) is 5.94. The smallest absolute Gasteiger partial charge is 0.249 e. The van der Waals surface area contributed by atoms with Crippen molar-refractivity contribution in [2.24, 2.45) is 0 Å². The summed E-state index contributed by atoms with van der Waals surface area (Å²) < 4.78 is 16.4. The summed E-state index contributed by atoms with van der Waals surface area (Å²) in [7, 11) is 1.58. The normalized spacial score (nSPS) is 11.3. The van der Waals surface area contributed by atoms with Crippen molar-refractivity contribution >= 4 is 5.91 Å². The van der Waals surface area contributed by atoms with E-state index in [0.29, 0.717) is 37.5 Å². The molecule has 2 aromatic rings. The van der Waals surface area contributed by atoms with Gasteiger partial charge in [-0.1, -0.05) is 42.3 Å². The van der Waals surface area contributed by atoms with E-state index in [4.69, 9.17) is 20.6 Å². The van der Waals surface area contributed by atoms with E-state index in [1.54, 1.807) is 7.11 Å². The van der Waals surface area contributed by atoms with Crippen LogP contribution in [0.4, 0.5) is 0 Å². The molecular weight excluding hydrogens is 354 g/mol. The maximum Gasteiger partial charge on any atom is 0.249 e. The standard InChI is InChI=1S/C23H27NO4/c1-4-15-28-20-12-11-19(16-21(20)26-3)13-14-24-23(25)22(27-5-2)17-18-9-7-6-8-10-18/h1,6-12,16,22H,5,13-15,17H2,2-3H3,(H,24,25)/t22-/m1/s1. The third-order valence-corrected chi connectivity index (χ3v) is 4.18. The van der Waals surface area contributed by atoms with Crippen molar-refractivity contribution in [1.82, 2.24) is 5.32 Å². The Labute approximate surface area is 167 Å². The van der Waals surface area contributed by atoms with Crippen LogP contribution in [0, 0.1) is 12.3 Å². The molecule has 0 aliphatic heterocycles. The second-order valence-corrected chi connectivity index (χ2v) is 6.15. The van der Waals surface area contributed by atoms with Gasteiger partial charge in [0.1, 0.15) is 12.7 Å². The molecule has 5 heteroatoms. The van der Waals surface area contributed by atoms with Crippen LogP contribution in [0.15, 0.2) is 48.5 Å². The van der Waals surface area contributed by atoms with Crippen LogP contribution in [-0.2, 0) is 22.4 Å². The first-order chi connectivity index (χ1) is 13.7. The van der Waals surface area contributed by atoms with Crippen LogP contribution >= 0.6 is 0 Å². The van der Waals surface area contributed by atoms with Crippen LogP contribution in [0.1, 0.15) is 18.1 Å². The first kappa shape index (κ1) is 21.3. The zero-order chi connectivity index (χ0) is 20.2. The third-order valence-electron chi connectivity index (χ3n) is 4.18.